The quantitative estimate of drug-likeness (QED) is 0.439. The number of carbonyl (C=O) groups excluding carboxylic acids is 1. The molecule has 0 spiro atoms. The monoisotopic (exact) mass is 352 g/mol. The Morgan fingerprint density at radius 1 is 1.43 bits per heavy atom. The van der Waals surface area contributed by atoms with Crippen LogP contribution in [0.5, 0.6) is 0 Å². The largest absolute Gasteiger partial charge is 0.447 e. The third-order valence-corrected chi connectivity index (χ3v) is 5.27. The van der Waals surface area contributed by atoms with Gasteiger partial charge in [0, 0.05) is 17.1 Å². The van der Waals surface area contributed by atoms with E-state index in [9.17, 15) is 10.1 Å². The minimum absolute atomic E-state index is 0.241. The molecule has 0 bridgehead atoms. The zero-order valence-electron chi connectivity index (χ0n) is 14.1. The van der Waals surface area contributed by atoms with E-state index in [1.807, 2.05) is 57.1 Å². The molecule has 0 aliphatic carbocycles. The van der Waals surface area contributed by atoms with Crippen molar-refractivity contribution < 1.29 is 9.53 Å². The molecule has 2 atom stereocenters. The summed E-state index contributed by atoms with van der Waals surface area (Å²) in [7, 11) is 3.70. The van der Waals surface area contributed by atoms with E-state index in [-0.39, 0.29) is 18.6 Å². The lowest BCUT2D eigenvalue weighted by Crippen LogP contribution is -2.30. The molecule has 0 fully saturated rings. The van der Waals surface area contributed by atoms with Crippen LogP contribution >= 0.6 is 24.4 Å². The van der Waals surface area contributed by atoms with Crippen LogP contribution in [0.25, 0.3) is 0 Å². The second-order valence-corrected chi connectivity index (χ2v) is 7.85. The summed E-state index contributed by atoms with van der Waals surface area (Å²) in [5.74, 6) is 0.453. The third-order valence-electron chi connectivity index (χ3n) is 3.57. The summed E-state index contributed by atoms with van der Waals surface area (Å²) >= 11 is 5.80. The number of esters is 1. The van der Waals surface area contributed by atoms with E-state index in [1.54, 1.807) is 11.8 Å². The molecule has 0 amide bonds. The van der Waals surface area contributed by atoms with Crippen molar-refractivity contribution >= 4 is 30.4 Å². The Balaban J connectivity index is 2.49. The number of hydrogen-bond donors (Lipinski definition) is 1. The normalized spacial score (nSPS) is 14.8. The van der Waals surface area contributed by atoms with Gasteiger partial charge in [0.05, 0.1) is 6.07 Å². The number of ether oxygens (including phenoxy) is 1. The van der Waals surface area contributed by atoms with E-state index < -0.39 is 4.75 Å². The molecule has 0 saturated carbocycles. The van der Waals surface area contributed by atoms with E-state index in [1.165, 1.54) is 0 Å². The van der Waals surface area contributed by atoms with Gasteiger partial charge in [-0.1, -0.05) is 12.1 Å². The zero-order valence-corrected chi connectivity index (χ0v) is 15.8. The lowest BCUT2D eigenvalue weighted by molar-refractivity contribution is -0.155. The Morgan fingerprint density at radius 2 is 2.04 bits per heavy atom. The lowest BCUT2D eigenvalue weighted by Gasteiger charge is -2.23. The van der Waals surface area contributed by atoms with Crippen LogP contribution in [-0.2, 0) is 15.3 Å². The van der Waals surface area contributed by atoms with Crippen LogP contribution in [0.3, 0.4) is 0 Å². The van der Waals surface area contributed by atoms with Crippen LogP contribution in [0.15, 0.2) is 29.2 Å². The first-order valence-electron chi connectivity index (χ1n) is 7.45. The molecule has 4 nitrogen and oxygen atoms in total. The molecule has 23 heavy (non-hydrogen) atoms. The number of rotatable bonds is 8. The molecule has 1 rings (SSSR count). The minimum atomic E-state index is -0.611. The third kappa shape index (κ3) is 7.30. The standard InChI is InChI=1S/C17H24N2O2S2/c1-13(19(3)4)21-16(20)9-10-17(2,12-18)23-11-14-5-7-15(22)8-6-14/h5-8,13,22H,9-11H2,1-4H3. The molecular weight excluding hydrogens is 328 g/mol. The highest BCUT2D eigenvalue weighted by molar-refractivity contribution is 8.00. The van der Waals surface area contributed by atoms with Gasteiger partial charge in [0.25, 0.3) is 0 Å². The topological polar surface area (TPSA) is 53.3 Å². The zero-order chi connectivity index (χ0) is 17.5. The summed E-state index contributed by atoms with van der Waals surface area (Å²) in [5, 5.41) is 9.45. The molecule has 0 aliphatic rings. The maximum absolute atomic E-state index is 11.9. The Morgan fingerprint density at radius 3 is 2.57 bits per heavy atom. The lowest BCUT2D eigenvalue weighted by atomic mass is 10.1. The van der Waals surface area contributed by atoms with Crippen LogP contribution in [0, 0.1) is 11.3 Å². The van der Waals surface area contributed by atoms with E-state index in [2.05, 4.69) is 18.7 Å². The molecule has 6 heteroatoms. The molecule has 1 aromatic carbocycles. The highest BCUT2D eigenvalue weighted by atomic mass is 32.2. The van der Waals surface area contributed by atoms with Crippen LogP contribution in [0.1, 0.15) is 32.3 Å². The Hall–Kier alpha value is -1.16. The van der Waals surface area contributed by atoms with Gasteiger partial charge >= 0.3 is 5.97 Å². The Bertz CT molecular complexity index is 555. The van der Waals surface area contributed by atoms with Crippen LogP contribution in [0.2, 0.25) is 0 Å². The van der Waals surface area contributed by atoms with Gasteiger partial charge in [0.2, 0.25) is 0 Å². The average molecular weight is 353 g/mol. The van der Waals surface area contributed by atoms with Crippen molar-refractivity contribution in [1.29, 1.82) is 5.26 Å². The van der Waals surface area contributed by atoms with Gasteiger partial charge in [-0.25, -0.2) is 0 Å². The molecule has 0 saturated heterocycles. The van der Waals surface area contributed by atoms with Gasteiger partial charge in [-0.2, -0.15) is 5.26 Å². The molecule has 0 radical (unpaired) electrons. The van der Waals surface area contributed by atoms with Crippen LogP contribution in [0.4, 0.5) is 0 Å². The highest BCUT2D eigenvalue weighted by Gasteiger charge is 2.26. The van der Waals surface area contributed by atoms with E-state index in [4.69, 9.17) is 4.74 Å². The number of hydrogen-bond acceptors (Lipinski definition) is 6. The predicted molar refractivity (Wildman–Crippen MR) is 97.5 cm³/mol. The van der Waals surface area contributed by atoms with E-state index in [0.29, 0.717) is 6.42 Å². The maximum Gasteiger partial charge on any atom is 0.307 e. The van der Waals surface area contributed by atoms with Gasteiger partial charge in [0.15, 0.2) is 6.23 Å². The van der Waals surface area contributed by atoms with Crippen molar-refractivity contribution in [2.24, 2.45) is 0 Å². The summed E-state index contributed by atoms with van der Waals surface area (Å²) in [6.07, 6.45) is 0.450. The highest BCUT2D eigenvalue weighted by Crippen LogP contribution is 2.32. The number of nitrogens with zero attached hydrogens (tertiary/aromatic N) is 2. The van der Waals surface area contributed by atoms with Crippen LogP contribution < -0.4 is 0 Å². The van der Waals surface area contributed by atoms with Crippen molar-refractivity contribution in [2.75, 3.05) is 14.1 Å². The summed E-state index contributed by atoms with van der Waals surface area (Å²) < 4.78 is 4.68. The SMILES string of the molecule is CC(OC(=O)CCC(C)(C#N)SCc1ccc(S)cc1)N(C)C. The smallest absolute Gasteiger partial charge is 0.307 e. The molecule has 0 N–H and O–H groups in total. The summed E-state index contributed by atoms with van der Waals surface area (Å²) in [6, 6.07) is 10.2. The van der Waals surface area contributed by atoms with Gasteiger partial charge in [-0.05, 0) is 52.1 Å². The molecule has 0 aliphatic heterocycles. The van der Waals surface area contributed by atoms with Crippen molar-refractivity contribution in [3.8, 4) is 6.07 Å². The van der Waals surface area contributed by atoms with Crippen molar-refractivity contribution in [2.45, 2.75) is 48.3 Å². The molecule has 126 valence electrons. The molecule has 2 unspecified atom stereocenters. The number of nitriles is 1. The minimum Gasteiger partial charge on any atom is -0.447 e. The van der Waals surface area contributed by atoms with Gasteiger partial charge in [0.1, 0.15) is 4.75 Å². The molecular formula is C17H24N2O2S2. The first kappa shape index (κ1) is 19.9. The fourth-order valence-corrected chi connectivity index (χ4v) is 2.83. The summed E-state index contributed by atoms with van der Waals surface area (Å²) in [5.41, 5.74) is 1.14. The Labute approximate surface area is 148 Å². The Kier molecular flexibility index (Phi) is 7.97. The van der Waals surface area contributed by atoms with Crippen molar-refractivity contribution in [3.63, 3.8) is 0 Å². The van der Waals surface area contributed by atoms with Crippen LogP contribution in [-0.4, -0.2) is 35.9 Å². The second kappa shape index (κ2) is 9.21. The predicted octanol–water partition coefficient (Wildman–Crippen LogP) is 3.72. The molecule has 1 aromatic rings. The summed E-state index contributed by atoms with van der Waals surface area (Å²) in [6.45, 7) is 3.69. The maximum atomic E-state index is 11.9. The fraction of sp³-hybridized carbons (Fsp3) is 0.529. The van der Waals surface area contributed by atoms with Gasteiger partial charge in [-0.15, -0.1) is 24.4 Å². The van der Waals surface area contributed by atoms with Crippen molar-refractivity contribution in [1.82, 2.24) is 4.90 Å². The fourth-order valence-electron chi connectivity index (χ4n) is 1.69. The second-order valence-electron chi connectivity index (χ2n) is 5.85. The first-order valence-corrected chi connectivity index (χ1v) is 8.88. The van der Waals surface area contributed by atoms with E-state index in [0.717, 1.165) is 16.2 Å². The summed E-state index contributed by atoms with van der Waals surface area (Å²) in [4.78, 5) is 14.6. The van der Waals surface area contributed by atoms with Crippen molar-refractivity contribution in [3.05, 3.63) is 29.8 Å². The van der Waals surface area contributed by atoms with E-state index >= 15 is 0 Å². The van der Waals surface area contributed by atoms with Gasteiger partial charge in [-0.3, -0.25) is 9.69 Å². The number of thiol groups is 1. The molecule has 0 heterocycles. The number of thioether (sulfide) groups is 1. The average Bonchev–Trinajstić information content (AvgIpc) is 2.52. The number of carbonyl (C=O) groups is 1. The molecule has 0 aromatic heterocycles. The first-order chi connectivity index (χ1) is 10.8. The number of benzene rings is 1. The van der Waals surface area contributed by atoms with Gasteiger partial charge < -0.3 is 4.74 Å².